The van der Waals surface area contributed by atoms with Gasteiger partial charge in [0.1, 0.15) is 11.2 Å². The predicted molar refractivity (Wildman–Crippen MR) is 89.3 cm³/mol. The number of aromatic nitrogens is 4. The molecule has 0 radical (unpaired) electrons. The maximum Gasteiger partial charge on any atom is 0.262 e. The van der Waals surface area contributed by atoms with Gasteiger partial charge >= 0.3 is 0 Å². The lowest BCUT2D eigenvalue weighted by Gasteiger charge is -2.23. The lowest BCUT2D eigenvalue weighted by Crippen LogP contribution is -2.23. The van der Waals surface area contributed by atoms with E-state index in [9.17, 15) is 4.79 Å². The molecule has 2 saturated heterocycles. The molecule has 126 valence electrons. The highest BCUT2D eigenvalue weighted by atomic mass is 35.5. The number of aromatic amines is 1. The summed E-state index contributed by atoms with van der Waals surface area (Å²) in [5, 5.41) is 8.37. The normalized spacial score (nSPS) is 25.6. The van der Waals surface area contributed by atoms with Crippen LogP contribution in [0.25, 0.3) is 11.0 Å². The van der Waals surface area contributed by atoms with Gasteiger partial charge in [0.05, 0.1) is 12.2 Å². The first-order valence-corrected chi connectivity index (χ1v) is 8.00. The van der Waals surface area contributed by atoms with Crippen molar-refractivity contribution in [1.29, 1.82) is 0 Å². The van der Waals surface area contributed by atoms with Crippen LogP contribution in [0.3, 0.4) is 0 Å². The summed E-state index contributed by atoms with van der Waals surface area (Å²) in [5.41, 5.74) is 0.627. The van der Waals surface area contributed by atoms with Crippen LogP contribution in [0.5, 0.6) is 0 Å². The van der Waals surface area contributed by atoms with Crippen molar-refractivity contribution in [3.8, 4) is 0 Å². The molecule has 23 heavy (non-hydrogen) atoms. The Labute approximate surface area is 140 Å². The van der Waals surface area contributed by atoms with Crippen LogP contribution in [0.2, 0.25) is 0 Å². The fourth-order valence-electron chi connectivity index (χ4n) is 3.50. The molecule has 2 aromatic heterocycles. The molecule has 2 aromatic rings. The van der Waals surface area contributed by atoms with E-state index in [4.69, 9.17) is 9.72 Å². The molecular weight excluding hydrogens is 318 g/mol. The average molecular weight is 340 g/mol. The van der Waals surface area contributed by atoms with E-state index in [1.807, 2.05) is 4.68 Å². The molecule has 2 aliphatic heterocycles. The number of H-pyrrole nitrogens is 1. The molecule has 8 heteroatoms. The Morgan fingerprint density at radius 3 is 2.78 bits per heavy atom. The molecule has 0 bridgehead atoms. The summed E-state index contributed by atoms with van der Waals surface area (Å²) in [6, 6.07) is 0.271. The molecule has 2 N–H and O–H groups in total. The number of nitrogens with zero attached hydrogens (tertiary/aromatic N) is 3. The lowest BCUT2D eigenvalue weighted by molar-refractivity contribution is 0.0673. The van der Waals surface area contributed by atoms with Crippen molar-refractivity contribution in [2.24, 2.45) is 5.92 Å². The second kappa shape index (κ2) is 6.59. The molecule has 2 atom stereocenters. The smallest absolute Gasteiger partial charge is 0.262 e. The van der Waals surface area contributed by atoms with E-state index in [0.29, 0.717) is 17.0 Å². The van der Waals surface area contributed by atoms with Gasteiger partial charge in [0, 0.05) is 25.7 Å². The monoisotopic (exact) mass is 339 g/mol. The molecule has 7 nitrogen and oxygen atoms in total. The first-order chi connectivity index (χ1) is 10.7. The number of ether oxygens (including phenoxy) is 1. The van der Waals surface area contributed by atoms with E-state index in [-0.39, 0.29) is 29.9 Å². The number of halogens is 1. The Morgan fingerprint density at radius 2 is 2.09 bits per heavy atom. The zero-order valence-electron chi connectivity index (χ0n) is 13.1. The van der Waals surface area contributed by atoms with Crippen molar-refractivity contribution in [3.63, 3.8) is 0 Å². The molecular formula is C15H22ClN5O2. The van der Waals surface area contributed by atoms with Gasteiger partial charge in [-0.25, -0.2) is 9.67 Å². The Bertz CT molecular complexity index is 737. The van der Waals surface area contributed by atoms with Crippen molar-refractivity contribution in [2.45, 2.75) is 31.7 Å². The third-order valence-corrected chi connectivity index (χ3v) is 4.89. The second-order valence-electron chi connectivity index (χ2n) is 6.36. The van der Waals surface area contributed by atoms with E-state index in [2.05, 4.69) is 22.3 Å². The van der Waals surface area contributed by atoms with Crippen molar-refractivity contribution in [1.82, 2.24) is 25.1 Å². The molecule has 4 heterocycles. The fraction of sp³-hybridized carbons (Fsp3) is 0.667. The molecule has 4 rings (SSSR count). The number of hydrogen-bond acceptors (Lipinski definition) is 5. The van der Waals surface area contributed by atoms with Crippen LogP contribution in [-0.4, -0.2) is 46.1 Å². The van der Waals surface area contributed by atoms with Crippen LogP contribution in [0.4, 0.5) is 0 Å². The Balaban J connectivity index is 0.00000156. The molecule has 0 aliphatic carbocycles. The van der Waals surface area contributed by atoms with Gasteiger partial charge in [0.25, 0.3) is 5.56 Å². The largest absolute Gasteiger partial charge is 0.381 e. The minimum atomic E-state index is -0.0857. The number of nitrogens with one attached hydrogen (secondary N) is 2. The third kappa shape index (κ3) is 2.88. The maximum atomic E-state index is 12.4. The maximum absolute atomic E-state index is 12.4. The van der Waals surface area contributed by atoms with Gasteiger partial charge in [0.15, 0.2) is 5.65 Å². The van der Waals surface area contributed by atoms with Crippen LogP contribution < -0.4 is 10.9 Å². The third-order valence-electron chi connectivity index (χ3n) is 4.89. The summed E-state index contributed by atoms with van der Waals surface area (Å²) >= 11 is 0. The molecule has 0 aromatic carbocycles. The second-order valence-corrected chi connectivity index (χ2v) is 6.36. The molecule has 0 amide bonds. The van der Waals surface area contributed by atoms with Gasteiger partial charge in [-0.2, -0.15) is 5.10 Å². The number of hydrogen-bond donors (Lipinski definition) is 2. The topological polar surface area (TPSA) is 84.8 Å². The molecule has 2 aliphatic rings. The number of fused-ring (bicyclic) bond motifs is 1. The van der Waals surface area contributed by atoms with Gasteiger partial charge < -0.3 is 15.0 Å². The summed E-state index contributed by atoms with van der Waals surface area (Å²) < 4.78 is 7.34. The van der Waals surface area contributed by atoms with E-state index < -0.39 is 0 Å². The summed E-state index contributed by atoms with van der Waals surface area (Å²) in [6.45, 7) is 5.49. The minimum Gasteiger partial charge on any atom is -0.381 e. The highest BCUT2D eigenvalue weighted by Gasteiger charge is 2.28. The predicted octanol–water partition coefficient (Wildman–Crippen LogP) is 1.22. The molecule has 0 saturated carbocycles. The fourth-order valence-corrected chi connectivity index (χ4v) is 3.50. The van der Waals surface area contributed by atoms with E-state index >= 15 is 0 Å². The quantitative estimate of drug-likeness (QED) is 0.859. The van der Waals surface area contributed by atoms with Crippen LogP contribution in [-0.2, 0) is 4.74 Å². The first-order valence-electron chi connectivity index (χ1n) is 8.00. The highest BCUT2D eigenvalue weighted by molar-refractivity contribution is 5.85. The first kappa shape index (κ1) is 16.4. The average Bonchev–Trinajstić information content (AvgIpc) is 3.14. The van der Waals surface area contributed by atoms with Crippen molar-refractivity contribution in [2.75, 3.05) is 26.3 Å². The Hall–Kier alpha value is -1.44. The lowest BCUT2D eigenvalue weighted by atomic mass is 9.97. The van der Waals surface area contributed by atoms with Crippen molar-refractivity contribution >= 4 is 23.4 Å². The summed E-state index contributed by atoms with van der Waals surface area (Å²) in [6.07, 6.45) is 3.47. The van der Waals surface area contributed by atoms with Crippen LogP contribution in [0.15, 0.2) is 11.0 Å². The van der Waals surface area contributed by atoms with Crippen LogP contribution in [0.1, 0.15) is 37.5 Å². The van der Waals surface area contributed by atoms with Gasteiger partial charge in [-0.05, 0) is 25.3 Å². The summed E-state index contributed by atoms with van der Waals surface area (Å²) in [7, 11) is 0. The zero-order valence-corrected chi connectivity index (χ0v) is 13.9. The SMILES string of the molecule is CC1CNCC1c1nc2c(cnn2C2CCOCC2)c(=O)[nH]1.Cl. The molecule has 2 unspecified atom stereocenters. The van der Waals surface area contributed by atoms with Gasteiger partial charge in [-0.1, -0.05) is 6.92 Å². The minimum absolute atomic E-state index is 0. The van der Waals surface area contributed by atoms with Gasteiger partial charge in [-0.15, -0.1) is 12.4 Å². The summed E-state index contributed by atoms with van der Waals surface area (Å²) in [4.78, 5) is 20.1. The van der Waals surface area contributed by atoms with E-state index in [1.54, 1.807) is 6.20 Å². The van der Waals surface area contributed by atoms with Crippen LogP contribution >= 0.6 is 12.4 Å². The standard InChI is InChI=1S/C15H21N5O2.ClH/c1-9-6-16-7-11(9)13-18-14-12(15(21)19-13)8-17-20(14)10-2-4-22-5-3-10;/h8-11,16H,2-7H2,1H3,(H,18,19,21);1H. The molecule has 0 spiro atoms. The Kier molecular flexibility index (Phi) is 4.70. The van der Waals surface area contributed by atoms with E-state index in [1.165, 1.54) is 0 Å². The molecule has 2 fully saturated rings. The van der Waals surface area contributed by atoms with E-state index in [0.717, 1.165) is 45.0 Å². The Morgan fingerprint density at radius 1 is 1.30 bits per heavy atom. The van der Waals surface area contributed by atoms with Crippen molar-refractivity contribution < 1.29 is 4.74 Å². The summed E-state index contributed by atoms with van der Waals surface area (Å²) in [5.74, 6) is 1.51. The van der Waals surface area contributed by atoms with Gasteiger partial charge in [-0.3, -0.25) is 4.79 Å². The zero-order chi connectivity index (χ0) is 15.1. The van der Waals surface area contributed by atoms with Crippen molar-refractivity contribution in [3.05, 3.63) is 22.4 Å². The highest BCUT2D eigenvalue weighted by Crippen LogP contribution is 2.27. The van der Waals surface area contributed by atoms with Crippen LogP contribution in [0, 0.1) is 5.92 Å². The van der Waals surface area contributed by atoms with Gasteiger partial charge in [0.2, 0.25) is 0 Å². The number of rotatable bonds is 2.